The number of rotatable bonds is 6. The summed E-state index contributed by atoms with van der Waals surface area (Å²) in [5.41, 5.74) is -1.47. The molecular weight excluding hydrogens is 660 g/mol. The van der Waals surface area contributed by atoms with Crippen molar-refractivity contribution in [1.29, 1.82) is 0 Å². The van der Waals surface area contributed by atoms with Gasteiger partial charge in [-0.15, -0.1) is 0 Å². The Hall–Kier alpha value is -0.860. The molecule has 0 amide bonds. The third-order valence-corrected chi connectivity index (χ3v) is 10.3. The average Bonchev–Trinajstić information content (AvgIpc) is 2.83. The van der Waals surface area contributed by atoms with Crippen LogP contribution in [0.1, 0.15) is 0 Å². The van der Waals surface area contributed by atoms with Gasteiger partial charge in [0.05, 0.1) is 61.8 Å². The van der Waals surface area contributed by atoms with Crippen LogP contribution in [0.15, 0.2) is 24.3 Å². The van der Waals surface area contributed by atoms with Crippen LogP contribution < -0.4 is 9.05 Å². The maximum absolute atomic E-state index is 11.0. The number of nitro groups is 2. The van der Waals surface area contributed by atoms with Gasteiger partial charge in [-0.1, -0.05) is 46.4 Å². The Morgan fingerprint density at radius 3 is 1.22 bits per heavy atom. The number of nitro benzene ring substituents is 2. The normalized spacial score (nSPS) is 27.6. The summed E-state index contributed by atoms with van der Waals surface area (Å²) < 4.78 is 34.1. The van der Waals surface area contributed by atoms with Crippen LogP contribution in [0, 0.1) is 25.6 Å². The third-order valence-electron chi connectivity index (χ3n) is 4.91. The van der Waals surface area contributed by atoms with E-state index in [0.717, 1.165) is 24.3 Å². The quantitative estimate of drug-likeness (QED) is 0.176. The Morgan fingerprint density at radius 1 is 0.703 bits per heavy atom. The Morgan fingerprint density at radius 2 is 0.973 bits per heavy atom. The summed E-state index contributed by atoms with van der Waals surface area (Å²) in [6, 6.07) is 4.26. The first-order chi connectivity index (χ1) is 17.2. The van der Waals surface area contributed by atoms with Crippen LogP contribution in [0.3, 0.4) is 0 Å². The van der Waals surface area contributed by atoms with Crippen molar-refractivity contribution in [3.05, 3.63) is 64.6 Å². The zero-order valence-electron chi connectivity index (χ0n) is 17.8. The lowest BCUT2D eigenvalue weighted by molar-refractivity contribution is -0.385. The number of hydrogen-bond acceptors (Lipinski definition) is 12. The highest BCUT2D eigenvalue weighted by molar-refractivity contribution is 8.08. The molecule has 12 nitrogen and oxygen atoms in total. The molecule has 2 aromatic carbocycles. The molecule has 1 spiro atoms. The van der Waals surface area contributed by atoms with Crippen LogP contribution in [0.4, 0.5) is 11.4 Å². The van der Waals surface area contributed by atoms with Crippen molar-refractivity contribution < 1.29 is 37.0 Å². The van der Waals surface area contributed by atoms with Crippen LogP contribution in [0.25, 0.3) is 0 Å². The first kappa shape index (κ1) is 29.1. The van der Waals surface area contributed by atoms with Gasteiger partial charge in [-0.05, 0) is 0 Å². The zero-order chi connectivity index (χ0) is 27.2. The lowest BCUT2D eigenvalue weighted by Gasteiger charge is -2.43. The lowest BCUT2D eigenvalue weighted by Crippen LogP contribution is -2.46. The molecule has 37 heavy (non-hydrogen) atoms. The van der Waals surface area contributed by atoms with Crippen LogP contribution in [0.5, 0.6) is 11.5 Å². The van der Waals surface area contributed by atoms with E-state index in [9.17, 15) is 20.2 Å². The van der Waals surface area contributed by atoms with E-state index in [4.69, 9.17) is 97.2 Å². The van der Waals surface area contributed by atoms with E-state index in [2.05, 4.69) is 0 Å². The maximum atomic E-state index is 11.0. The molecule has 0 saturated carbocycles. The van der Waals surface area contributed by atoms with Gasteiger partial charge in [-0.3, -0.25) is 38.3 Å². The van der Waals surface area contributed by atoms with E-state index in [1.807, 2.05) is 0 Å². The molecule has 0 atom stereocenters. The molecule has 2 aromatic rings. The number of benzene rings is 2. The number of hydrogen-bond donors (Lipinski definition) is 0. The van der Waals surface area contributed by atoms with E-state index in [0.29, 0.717) is 0 Å². The molecule has 0 bridgehead atoms. The molecular formula is C17H12Cl4N2O10P2S2. The van der Waals surface area contributed by atoms with Gasteiger partial charge < -0.3 is 9.05 Å². The average molecular weight is 672 g/mol. The topological polar surface area (TPSA) is 142 Å². The van der Waals surface area contributed by atoms with Gasteiger partial charge in [-0.2, -0.15) is 0 Å². The first-order valence-electron chi connectivity index (χ1n) is 9.68. The third kappa shape index (κ3) is 6.49. The Balaban J connectivity index is 1.40. The van der Waals surface area contributed by atoms with Crippen molar-refractivity contribution in [3.63, 3.8) is 0 Å². The molecule has 20 heteroatoms. The number of halogens is 4. The maximum Gasteiger partial charge on any atom is 0.380 e. The molecule has 0 aromatic heterocycles. The second-order valence-corrected chi connectivity index (χ2v) is 15.2. The fourth-order valence-corrected chi connectivity index (χ4v) is 8.32. The minimum Gasteiger partial charge on any atom is -0.421 e. The second kappa shape index (κ2) is 11.0. The molecule has 2 fully saturated rings. The monoisotopic (exact) mass is 670 g/mol. The van der Waals surface area contributed by atoms with Gasteiger partial charge in [0, 0.05) is 47.9 Å². The van der Waals surface area contributed by atoms with E-state index in [1.54, 1.807) is 0 Å². The summed E-state index contributed by atoms with van der Waals surface area (Å²) in [4.78, 5) is 20.6. The Bertz CT molecular complexity index is 1220. The molecule has 4 rings (SSSR count). The number of non-ortho nitro benzene ring substituents is 2. The van der Waals surface area contributed by atoms with Crippen LogP contribution in [-0.2, 0) is 41.7 Å². The van der Waals surface area contributed by atoms with Crippen LogP contribution in [0.2, 0.25) is 20.1 Å². The van der Waals surface area contributed by atoms with Crippen molar-refractivity contribution in [2.75, 3.05) is 26.4 Å². The molecule has 0 radical (unpaired) electrons. The van der Waals surface area contributed by atoms with Gasteiger partial charge >= 0.3 is 13.4 Å². The highest BCUT2D eigenvalue weighted by Crippen LogP contribution is 2.62. The minimum atomic E-state index is -3.39. The van der Waals surface area contributed by atoms with Crippen LogP contribution >= 0.6 is 59.8 Å². The first-order valence-corrected chi connectivity index (χ1v) is 16.3. The highest BCUT2D eigenvalue weighted by atomic mass is 35.5. The van der Waals surface area contributed by atoms with Gasteiger partial charge in [0.15, 0.2) is 11.5 Å². The molecule has 2 aliphatic rings. The van der Waals surface area contributed by atoms with Crippen molar-refractivity contribution in [3.8, 4) is 11.5 Å². The van der Waals surface area contributed by atoms with E-state index in [-0.39, 0.29) is 69.4 Å². The van der Waals surface area contributed by atoms with Gasteiger partial charge in [0.1, 0.15) is 0 Å². The Kier molecular flexibility index (Phi) is 8.63. The van der Waals surface area contributed by atoms with Gasteiger partial charge in [0.25, 0.3) is 11.4 Å². The summed E-state index contributed by atoms with van der Waals surface area (Å²) in [5.74, 6) is -0.213. The minimum absolute atomic E-state index is 0.0130. The van der Waals surface area contributed by atoms with E-state index < -0.39 is 28.7 Å². The summed E-state index contributed by atoms with van der Waals surface area (Å²) in [6.07, 6.45) is 0. The summed E-state index contributed by atoms with van der Waals surface area (Å²) in [6.45, 7) is -6.83. The summed E-state index contributed by atoms with van der Waals surface area (Å²) >= 11 is 35.1. The molecule has 2 saturated heterocycles. The van der Waals surface area contributed by atoms with Gasteiger partial charge in [0.2, 0.25) is 0 Å². The van der Waals surface area contributed by atoms with Crippen molar-refractivity contribution in [1.82, 2.24) is 0 Å². The summed E-state index contributed by atoms with van der Waals surface area (Å²) in [7, 11) is 0. The SMILES string of the molecule is O=[N+]([O-])c1cc(Cl)c(OP2(=S)OCC3(CO2)COP(=S)(Oc2c(Cl)cc([N+](=O)[O-])cc2Cl)OC3)c(Cl)c1. The fraction of sp³-hybridized carbons (Fsp3) is 0.294. The second-order valence-electron chi connectivity index (χ2n) is 7.66. The lowest BCUT2D eigenvalue weighted by atomic mass is 9.93. The molecule has 2 aliphatic heterocycles. The largest absolute Gasteiger partial charge is 0.421 e. The predicted octanol–water partition coefficient (Wildman–Crippen LogP) is 7.10. The van der Waals surface area contributed by atoms with Crippen molar-refractivity contribution in [2.45, 2.75) is 0 Å². The van der Waals surface area contributed by atoms with Crippen molar-refractivity contribution >= 4 is 94.8 Å². The number of nitrogens with zero attached hydrogens (tertiary/aromatic N) is 2. The van der Waals surface area contributed by atoms with Crippen molar-refractivity contribution in [2.24, 2.45) is 5.41 Å². The molecule has 2 heterocycles. The molecule has 0 aliphatic carbocycles. The van der Waals surface area contributed by atoms with Crippen LogP contribution in [-0.4, -0.2) is 36.3 Å². The zero-order valence-corrected chi connectivity index (χ0v) is 24.3. The Labute approximate surface area is 238 Å². The predicted molar refractivity (Wildman–Crippen MR) is 142 cm³/mol. The summed E-state index contributed by atoms with van der Waals surface area (Å²) in [5, 5.41) is 21.4. The fourth-order valence-electron chi connectivity index (χ4n) is 3.00. The molecule has 0 N–H and O–H groups in total. The highest BCUT2D eigenvalue weighted by Gasteiger charge is 2.48. The molecule has 0 unspecified atom stereocenters. The van der Waals surface area contributed by atoms with Gasteiger partial charge in [-0.25, -0.2) is 0 Å². The smallest absolute Gasteiger partial charge is 0.380 e. The van der Waals surface area contributed by atoms with E-state index in [1.165, 1.54) is 0 Å². The van der Waals surface area contributed by atoms with E-state index >= 15 is 0 Å². The molecule has 200 valence electrons. The standard InChI is InChI=1S/C17H12Cl4N2O10P2S2/c18-11-1-9(22(24)25)2-12(19)15(11)32-34(36)28-5-17(6-29-34)7-30-35(37,31-8-17)33-16-13(20)3-10(23(26)27)4-14(16)21/h1-4H,5-8H2.